The van der Waals surface area contributed by atoms with Crippen molar-refractivity contribution >= 4 is 35.1 Å². The van der Waals surface area contributed by atoms with Crippen LogP contribution in [0.4, 0.5) is 0 Å². The highest BCUT2D eigenvalue weighted by molar-refractivity contribution is 6.33. The minimum atomic E-state index is -0.769. The molecule has 1 aliphatic rings. The molecule has 1 unspecified atom stereocenters. The van der Waals surface area contributed by atoms with E-state index in [1.807, 2.05) is 20.8 Å². The van der Waals surface area contributed by atoms with Crippen molar-refractivity contribution < 1.29 is 4.84 Å². The number of benzene rings is 1. The van der Waals surface area contributed by atoms with Crippen LogP contribution in [0.3, 0.4) is 0 Å². The van der Waals surface area contributed by atoms with Gasteiger partial charge in [-0.15, -0.1) is 0 Å². The van der Waals surface area contributed by atoms with Gasteiger partial charge in [0.25, 0.3) is 0 Å². The molecular formula is C13H17Cl2N5O. The summed E-state index contributed by atoms with van der Waals surface area (Å²) in [6.07, 6.45) is -0.390. The van der Waals surface area contributed by atoms with Gasteiger partial charge in [0.15, 0.2) is 5.66 Å². The van der Waals surface area contributed by atoms with E-state index in [-0.39, 0.29) is 11.9 Å². The Bertz CT molecular complexity index is 615. The summed E-state index contributed by atoms with van der Waals surface area (Å²) < 4.78 is 0. The van der Waals surface area contributed by atoms with Crippen LogP contribution in [-0.4, -0.2) is 22.6 Å². The summed E-state index contributed by atoms with van der Waals surface area (Å²) in [7, 11) is 0. The normalized spacial score (nSPS) is 19.0. The molecule has 114 valence electrons. The fourth-order valence-electron chi connectivity index (χ4n) is 2.02. The molecule has 0 fully saturated rings. The molecule has 0 aromatic heterocycles. The van der Waals surface area contributed by atoms with E-state index in [9.17, 15) is 0 Å². The van der Waals surface area contributed by atoms with Crippen LogP contribution in [0.2, 0.25) is 10.0 Å². The molecule has 0 spiro atoms. The lowest BCUT2D eigenvalue weighted by Crippen LogP contribution is -2.53. The van der Waals surface area contributed by atoms with E-state index in [2.05, 4.69) is 9.98 Å². The van der Waals surface area contributed by atoms with E-state index in [1.165, 1.54) is 5.06 Å². The summed E-state index contributed by atoms with van der Waals surface area (Å²) in [6, 6.07) is 5.18. The van der Waals surface area contributed by atoms with E-state index in [1.54, 1.807) is 18.2 Å². The van der Waals surface area contributed by atoms with Gasteiger partial charge in [-0.3, -0.25) is 4.84 Å². The number of nitrogens with zero attached hydrogens (tertiary/aromatic N) is 3. The van der Waals surface area contributed by atoms with Crippen molar-refractivity contribution in [3.63, 3.8) is 0 Å². The standard InChI is InChI=1S/C13H17Cl2N5O/c1-7(9-6-8(14)4-5-10(9)15)21-20-12(17)18-11(16)19-13(20,2)3/h4-7H,1-3H3,(H4,16,17,18,19). The van der Waals surface area contributed by atoms with Crippen molar-refractivity contribution in [3.05, 3.63) is 33.8 Å². The van der Waals surface area contributed by atoms with Crippen LogP contribution in [-0.2, 0) is 4.84 Å². The van der Waals surface area contributed by atoms with E-state index in [4.69, 9.17) is 39.5 Å². The topological polar surface area (TPSA) is 89.2 Å². The fraction of sp³-hybridized carbons (Fsp3) is 0.385. The molecular weight excluding hydrogens is 313 g/mol. The smallest absolute Gasteiger partial charge is 0.226 e. The monoisotopic (exact) mass is 329 g/mol. The van der Waals surface area contributed by atoms with Gasteiger partial charge in [-0.2, -0.15) is 10.1 Å². The second-order valence-corrected chi connectivity index (χ2v) is 5.99. The highest BCUT2D eigenvalue weighted by atomic mass is 35.5. The summed E-state index contributed by atoms with van der Waals surface area (Å²) in [5.41, 5.74) is 11.5. The Morgan fingerprint density at radius 2 is 1.95 bits per heavy atom. The maximum atomic E-state index is 6.17. The molecule has 8 heteroatoms. The molecule has 0 bridgehead atoms. The first-order chi connectivity index (χ1) is 9.70. The Kier molecular flexibility index (Phi) is 4.32. The molecule has 4 N–H and O–H groups in total. The van der Waals surface area contributed by atoms with Crippen LogP contribution < -0.4 is 11.5 Å². The van der Waals surface area contributed by atoms with Crippen molar-refractivity contribution in [2.24, 2.45) is 21.5 Å². The molecule has 1 heterocycles. The van der Waals surface area contributed by atoms with Gasteiger partial charge in [0.2, 0.25) is 11.9 Å². The van der Waals surface area contributed by atoms with Gasteiger partial charge >= 0.3 is 0 Å². The number of aliphatic imine (C=N–C) groups is 2. The number of nitrogens with two attached hydrogens (primary N) is 2. The summed E-state index contributed by atoms with van der Waals surface area (Å²) in [5, 5.41) is 2.54. The lowest BCUT2D eigenvalue weighted by Gasteiger charge is -2.38. The Balaban J connectivity index is 2.25. The average Bonchev–Trinajstić information content (AvgIpc) is 2.35. The van der Waals surface area contributed by atoms with Crippen molar-refractivity contribution in [1.29, 1.82) is 0 Å². The zero-order valence-corrected chi connectivity index (χ0v) is 13.5. The molecule has 0 saturated heterocycles. The SMILES string of the molecule is CC(ON1C(N)=NC(N)=NC1(C)C)c1cc(Cl)ccc1Cl. The summed E-state index contributed by atoms with van der Waals surface area (Å²) in [4.78, 5) is 14.0. The van der Waals surface area contributed by atoms with Gasteiger partial charge in [-0.1, -0.05) is 23.2 Å². The first-order valence-corrected chi connectivity index (χ1v) is 7.08. The molecule has 0 radical (unpaired) electrons. The van der Waals surface area contributed by atoms with Gasteiger partial charge in [0.05, 0.1) is 0 Å². The Morgan fingerprint density at radius 3 is 2.57 bits per heavy atom. The van der Waals surface area contributed by atoms with Crippen LogP contribution >= 0.6 is 23.2 Å². The minimum Gasteiger partial charge on any atom is -0.368 e. The molecule has 0 amide bonds. The van der Waals surface area contributed by atoms with Crippen molar-refractivity contribution in [3.8, 4) is 0 Å². The summed E-state index contributed by atoms with van der Waals surface area (Å²) in [5.74, 6) is 0.253. The lowest BCUT2D eigenvalue weighted by atomic mass is 10.1. The highest BCUT2D eigenvalue weighted by Gasteiger charge is 2.34. The average molecular weight is 330 g/mol. The first kappa shape index (κ1) is 15.9. The predicted molar refractivity (Wildman–Crippen MR) is 85.1 cm³/mol. The number of hydrogen-bond donors (Lipinski definition) is 2. The molecule has 6 nitrogen and oxygen atoms in total. The van der Waals surface area contributed by atoms with Crippen LogP contribution in [0, 0.1) is 0 Å². The Labute approximate surface area is 133 Å². The van der Waals surface area contributed by atoms with Gasteiger partial charge in [0, 0.05) is 15.6 Å². The van der Waals surface area contributed by atoms with E-state index in [0.29, 0.717) is 10.0 Å². The molecule has 1 aliphatic heterocycles. The van der Waals surface area contributed by atoms with Crippen LogP contribution in [0.5, 0.6) is 0 Å². The van der Waals surface area contributed by atoms with E-state index in [0.717, 1.165) is 5.56 Å². The first-order valence-electron chi connectivity index (χ1n) is 6.32. The maximum absolute atomic E-state index is 6.17. The van der Waals surface area contributed by atoms with E-state index < -0.39 is 11.8 Å². The summed E-state index contributed by atoms with van der Waals surface area (Å²) in [6.45, 7) is 5.46. The summed E-state index contributed by atoms with van der Waals surface area (Å²) >= 11 is 12.2. The van der Waals surface area contributed by atoms with Gasteiger partial charge in [-0.05, 0) is 39.0 Å². The van der Waals surface area contributed by atoms with E-state index >= 15 is 0 Å². The third-order valence-corrected chi connectivity index (χ3v) is 3.56. The molecule has 1 aromatic carbocycles. The maximum Gasteiger partial charge on any atom is 0.226 e. The van der Waals surface area contributed by atoms with Crippen LogP contribution in [0.25, 0.3) is 0 Å². The predicted octanol–water partition coefficient (Wildman–Crippen LogP) is 2.67. The lowest BCUT2D eigenvalue weighted by molar-refractivity contribution is -0.191. The highest BCUT2D eigenvalue weighted by Crippen LogP contribution is 2.31. The van der Waals surface area contributed by atoms with Crippen LogP contribution in [0.1, 0.15) is 32.4 Å². The number of rotatable bonds is 3. The second kappa shape index (κ2) is 5.71. The number of guanidine groups is 2. The molecule has 1 aromatic rings. The fourth-order valence-corrected chi connectivity index (χ4v) is 2.47. The third kappa shape index (κ3) is 3.40. The molecule has 0 saturated carbocycles. The zero-order valence-electron chi connectivity index (χ0n) is 12.0. The zero-order chi connectivity index (χ0) is 15.8. The number of halogens is 2. The molecule has 21 heavy (non-hydrogen) atoms. The number of hydroxylamine groups is 2. The number of hydrogen-bond acceptors (Lipinski definition) is 6. The van der Waals surface area contributed by atoms with Gasteiger partial charge in [-0.25, -0.2) is 4.99 Å². The Hall–Kier alpha value is -1.50. The molecule has 2 rings (SSSR count). The van der Waals surface area contributed by atoms with Gasteiger partial charge < -0.3 is 11.5 Å². The third-order valence-electron chi connectivity index (χ3n) is 2.98. The van der Waals surface area contributed by atoms with Crippen molar-refractivity contribution in [2.45, 2.75) is 32.5 Å². The Morgan fingerprint density at radius 1 is 1.29 bits per heavy atom. The van der Waals surface area contributed by atoms with Crippen molar-refractivity contribution in [1.82, 2.24) is 5.06 Å². The quantitative estimate of drug-likeness (QED) is 0.892. The minimum absolute atomic E-state index is 0.116. The van der Waals surface area contributed by atoms with Crippen molar-refractivity contribution in [2.75, 3.05) is 0 Å². The largest absolute Gasteiger partial charge is 0.368 e. The molecule has 0 aliphatic carbocycles. The second-order valence-electron chi connectivity index (χ2n) is 5.14. The van der Waals surface area contributed by atoms with Crippen LogP contribution in [0.15, 0.2) is 28.2 Å². The van der Waals surface area contributed by atoms with Gasteiger partial charge in [0.1, 0.15) is 6.10 Å². The molecule has 1 atom stereocenters.